The molecule has 3 unspecified atom stereocenters. The molecular formula is C11H18BrN3O. The van der Waals surface area contributed by atoms with E-state index >= 15 is 0 Å². The molecule has 1 aliphatic carbocycles. The second-order valence-electron chi connectivity index (χ2n) is 4.55. The lowest BCUT2D eigenvalue weighted by Gasteiger charge is -2.22. The van der Waals surface area contributed by atoms with Gasteiger partial charge < -0.3 is 10.4 Å². The Morgan fingerprint density at radius 1 is 1.69 bits per heavy atom. The van der Waals surface area contributed by atoms with Gasteiger partial charge in [-0.05, 0) is 42.1 Å². The van der Waals surface area contributed by atoms with E-state index < -0.39 is 0 Å². The van der Waals surface area contributed by atoms with Crippen molar-refractivity contribution >= 4 is 15.9 Å². The molecule has 0 radical (unpaired) electrons. The molecule has 2 rings (SSSR count). The molecule has 0 amide bonds. The van der Waals surface area contributed by atoms with E-state index in [0.29, 0.717) is 6.04 Å². The molecule has 1 aromatic rings. The van der Waals surface area contributed by atoms with E-state index in [1.54, 1.807) is 6.20 Å². The van der Waals surface area contributed by atoms with Crippen LogP contribution in [0.1, 0.15) is 26.2 Å². The molecule has 16 heavy (non-hydrogen) atoms. The van der Waals surface area contributed by atoms with Crippen LogP contribution >= 0.6 is 15.9 Å². The van der Waals surface area contributed by atoms with Gasteiger partial charge in [0, 0.05) is 18.3 Å². The molecule has 1 aliphatic rings. The summed E-state index contributed by atoms with van der Waals surface area (Å²) in [6, 6.07) is 0.582. The summed E-state index contributed by atoms with van der Waals surface area (Å²) >= 11 is 3.38. The number of rotatable bonds is 4. The molecule has 2 N–H and O–H groups in total. The molecule has 0 bridgehead atoms. The molecule has 4 nitrogen and oxygen atoms in total. The Kier molecular flexibility index (Phi) is 4.00. The first-order valence-corrected chi connectivity index (χ1v) is 6.56. The smallest absolute Gasteiger partial charge is 0.0693 e. The summed E-state index contributed by atoms with van der Waals surface area (Å²) in [7, 11) is 0. The van der Waals surface area contributed by atoms with E-state index in [9.17, 15) is 5.11 Å². The lowest BCUT2D eigenvalue weighted by Crippen LogP contribution is -2.43. The summed E-state index contributed by atoms with van der Waals surface area (Å²) in [5.74, 6) is 0. The first-order valence-electron chi connectivity index (χ1n) is 5.77. The Bertz CT molecular complexity index is 342. The first kappa shape index (κ1) is 12.1. The third kappa shape index (κ3) is 3.06. The predicted octanol–water partition coefficient (Wildman–Crippen LogP) is 1.54. The van der Waals surface area contributed by atoms with Crippen LogP contribution in [-0.2, 0) is 6.54 Å². The van der Waals surface area contributed by atoms with E-state index in [2.05, 4.69) is 33.3 Å². The largest absolute Gasteiger partial charge is 0.392 e. The predicted molar refractivity (Wildman–Crippen MR) is 66.2 cm³/mol. The van der Waals surface area contributed by atoms with Gasteiger partial charge in [-0.1, -0.05) is 0 Å². The van der Waals surface area contributed by atoms with Gasteiger partial charge in [-0.3, -0.25) is 4.68 Å². The van der Waals surface area contributed by atoms with Gasteiger partial charge in [0.1, 0.15) is 0 Å². The van der Waals surface area contributed by atoms with Gasteiger partial charge in [-0.2, -0.15) is 5.10 Å². The van der Waals surface area contributed by atoms with Crippen molar-refractivity contribution in [3.63, 3.8) is 0 Å². The van der Waals surface area contributed by atoms with Crippen LogP contribution in [0.2, 0.25) is 0 Å². The first-order chi connectivity index (χ1) is 7.65. The summed E-state index contributed by atoms with van der Waals surface area (Å²) in [6.07, 6.45) is 6.71. The standard InChI is InChI=1S/C11H18BrN3O/c1-8(6-15-7-9(12)5-13-15)14-10-3-2-4-11(10)16/h5,7-8,10-11,14,16H,2-4,6H2,1H3. The van der Waals surface area contributed by atoms with E-state index in [4.69, 9.17) is 0 Å². The number of nitrogens with one attached hydrogen (secondary N) is 1. The van der Waals surface area contributed by atoms with Crippen molar-refractivity contribution in [2.75, 3.05) is 0 Å². The topological polar surface area (TPSA) is 50.1 Å². The van der Waals surface area contributed by atoms with Gasteiger partial charge in [0.05, 0.1) is 23.3 Å². The normalized spacial score (nSPS) is 27.2. The number of nitrogens with zero attached hydrogens (tertiary/aromatic N) is 2. The Morgan fingerprint density at radius 3 is 3.06 bits per heavy atom. The minimum atomic E-state index is -0.174. The Hall–Kier alpha value is -0.390. The van der Waals surface area contributed by atoms with E-state index in [0.717, 1.165) is 30.3 Å². The van der Waals surface area contributed by atoms with Crippen LogP contribution < -0.4 is 5.32 Å². The maximum Gasteiger partial charge on any atom is 0.0693 e. The fraction of sp³-hybridized carbons (Fsp3) is 0.727. The number of hydrogen-bond donors (Lipinski definition) is 2. The summed E-state index contributed by atoms with van der Waals surface area (Å²) in [6.45, 7) is 2.95. The average Bonchev–Trinajstić information content (AvgIpc) is 2.77. The molecule has 1 aromatic heterocycles. The fourth-order valence-electron chi connectivity index (χ4n) is 2.27. The minimum Gasteiger partial charge on any atom is -0.392 e. The maximum absolute atomic E-state index is 9.72. The number of aromatic nitrogens is 2. The van der Waals surface area contributed by atoms with Gasteiger partial charge in [-0.25, -0.2) is 0 Å². The monoisotopic (exact) mass is 287 g/mol. The SMILES string of the molecule is CC(Cn1cc(Br)cn1)NC1CCCC1O. The van der Waals surface area contributed by atoms with E-state index in [1.165, 1.54) is 0 Å². The number of halogens is 1. The van der Waals surface area contributed by atoms with Gasteiger partial charge in [-0.15, -0.1) is 0 Å². The van der Waals surface area contributed by atoms with Crippen LogP contribution in [0.25, 0.3) is 0 Å². The van der Waals surface area contributed by atoms with Crippen LogP contribution in [0.3, 0.4) is 0 Å². The zero-order valence-corrected chi connectivity index (χ0v) is 11.0. The summed E-state index contributed by atoms with van der Waals surface area (Å²) < 4.78 is 2.91. The molecule has 1 saturated carbocycles. The van der Waals surface area contributed by atoms with Crippen LogP contribution in [0.4, 0.5) is 0 Å². The van der Waals surface area contributed by atoms with Crippen molar-refractivity contribution in [3.05, 3.63) is 16.9 Å². The number of hydrogen-bond acceptors (Lipinski definition) is 3. The van der Waals surface area contributed by atoms with Gasteiger partial charge in [0.25, 0.3) is 0 Å². The Morgan fingerprint density at radius 2 is 2.50 bits per heavy atom. The molecule has 1 fully saturated rings. The molecule has 1 heterocycles. The molecule has 0 aromatic carbocycles. The van der Waals surface area contributed by atoms with Crippen molar-refractivity contribution in [1.82, 2.24) is 15.1 Å². The molecular weight excluding hydrogens is 270 g/mol. The molecule has 0 saturated heterocycles. The molecule has 90 valence electrons. The van der Waals surface area contributed by atoms with E-state index in [1.807, 2.05) is 10.9 Å². The highest BCUT2D eigenvalue weighted by atomic mass is 79.9. The lowest BCUT2D eigenvalue weighted by atomic mass is 10.2. The third-order valence-electron chi connectivity index (χ3n) is 3.04. The Labute approximate surface area is 104 Å². The van der Waals surface area contributed by atoms with Crippen molar-refractivity contribution in [1.29, 1.82) is 0 Å². The Balaban J connectivity index is 1.82. The number of aliphatic hydroxyl groups excluding tert-OH is 1. The molecule has 0 spiro atoms. The van der Waals surface area contributed by atoms with Crippen molar-refractivity contribution in [3.8, 4) is 0 Å². The van der Waals surface area contributed by atoms with Crippen LogP contribution in [-0.4, -0.2) is 33.1 Å². The van der Waals surface area contributed by atoms with Gasteiger partial charge in [0.15, 0.2) is 0 Å². The van der Waals surface area contributed by atoms with Gasteiger partial charge >= 0.3 is 0 Å². The quantitative estimate of drug-likeness (QED) is 0.883. The minimum absolute atomic E-state index is 0.174. The summed E-state index contributed by atoms with van der Waals surface area (Å²) in [5, 5.41) is 17.4. The van der Waals surface area contributed by atoms with Crippen molar-refractivity contribution in [2.45, 2.75) is 50.9 Å². The zero-order chi connectivity index (χ0) is 11.5. The highest BCUT2D eigenvalue weighted by Gasteiger charge is 2.25. The molecule has 3 atom stereocenters. The van der Waals surface area contributed by atoms with Crippen molar-refractivity contribution in [2.24, 2.45) is 0 Å². The third-order valence-corrected chi connectivity index (χ3v) is 3.45. The lowest BCUT2D eigenvalue weighted by molar-refractivity contribution is 0.142. The highest BCUT2D eigenvalue weighted by molar-refractivity contribution is 9.10. The van der Waals surface area contributed by atoms with Crippen LogP contribution in [0.5, 0.6) is 0 Å². The second kappa shape index (κ2) is 5.29. The fourth-order valence-corrected chi connectivity index (χ4v) is 2.60. The number of aliphatic hydroxyl groups is 1. The van der Waals surface area contributed by atoms with Crippen molar-refractivity contribution < 1.29 is 5.11 Å². The molecule has 0 aliphatic heterocycles. The van der Waals surface area contributed by atoms with E-state index in [-0.39, 0.29) is 12.1 Å². The highest BCUT2D eigenvalue weighted by Crippen LogP contribution is 2.19. The molecule has 5 heteroatoms. The maximum atomic E-state index is 9.72. The van der Waals surface area contributed by atoms with Crippen LogP contribution in [0.15, 0.2) is 16.9 Å². The second-order valence-corrected chi connectivity index (χ2v) is 5.47. The van der Waals surface area contributed by atoms with Gasteiger partial charge in [0.2, 0.25) is 0 Å². The zero-order valence-electron chi connectivity index (χ0n) is 9.43. The average molecular weight is 288 g/mol. The van der Waals surface area contributed by atoms with Crippen LogP contribution in [0, 0.1) is 0 Å². The summed E-state index contributed by atoms with van der Waals surface area (Å²) in [5.41, 5.74) is 0. The summed E-state index contributed by atoms with van der Waals surface area (Å²) in [4.78, 5) is 0.